The minimum absolute atomic E-state index is 0.342. The normalized spacial score (nSPS) is 10.5. The Morgan fingerprint density at radius 2 is 2.12 bits per heavy atom. The minimum Gasteiger partial charge on any atom is -0.507 e. The third kappa shape index (κ3) is 2.38. The van der Waals surface area contributed by atoms with Gasteiger partial charge < -0.3 is 10.4 Å². The number of benzene rings is 1. The molecule has 90 valence electrons. The second-order valence-corrected chi connectivity index (χ2v) is 4.14. The molecule has 0 aliphatic rings. The zero-order valence-electron chi connectivity index (χ0n) is 10.2. The number of rotatable bonds is 3. The third-order valence-corrected chi connectivity index (χ3v) is 2.74. The fourth-order valence-electron chi connectivity index (χ4n) is 1.69. The number of aromatic hydroxyl groups is 1. The van der Waals surface area contributed by atoms with Gasteiger partial charge in [-0.3, -0.25) is 4.68 Å². The summed E-state index contributed by atoms with van der Waals surface area (Å²) in [7, 11) is 1.83. The summed E-state index contributed by atoms with van der Waals surface area (Å²) in [5, 5.41) is 20.9. The molecular weight excluding hydrogens is 216 g/mol. The zero-order chi connectivity index (χ0) is 12.4. The fourth-order valence-corrected chi connectivity index (χ4v) is 1.69. The second-order valence-electron chi connectivity index (χ2n) is 4.14. The van der Waals surface area contributed by atoms with Gasteiger partial charge in [0.05, 0.1) is 6.54 Å². The molecule has 0 aliphatic carbocycles. The molecular formula is C12H16N4O. The highest BCUT2D eigenvalue weighted by atomic mass is 16.3. The van der Waals surface area contributed by atoms with Gasteiger partial charge >= 0.3 is 0 Å². The van der Waals surface area contributed by atoms with Gasteiger partial charge in [0.2, 0.25) is 0 Å². The van der Waals surface area contributed by atoms with E-state index in [4.69, 9.17) is 0 Å². The van der Waals surface area contributed by atoms with Crippen molar-refractivity contribution < 1.29 is 5.11 Å². The lowest BCUT2D eigenvalue weighted by molar-refractivity contribution is 0.467. The van der Waals surface area contributed by atoms with E-state index in [0.717, 1.165) is 22.5 Å². The van der Waals surface area contributed by atoms with Crippen molar-refractivity contribution in [3.63, 3.8) is 0 Å². The molecule has 0 amide bonds. The van der Waals surface area contributed by atoms with E-state index in [0.29, 0.717) is 12.3 Å². The maximum Gasteiger partial charge on any atom is 0.123 e. The van der Waals surface area contributed by atoms with E-state index < -0.39 is 0 Å². The van der Waals surface area contributed by atoms with Gasteiger partial charge in [-0.1, -0.05) is 11.3 Å². The van der Waals surface area contributed by atoms with Crippen molar-refractivity contribution >= 4 is 5.69 Å². The number of hydrogen-bond acceptors (Lipinski definition) is 4. The van der Waals surface area contributed by atoms with E-state index in [1.54, 1.807) is 4.68 Å². The Bertz CT molecular complexity index is 533. The van der Waals surface area contributed by atoms with Crippen LogP contribution in [0, 0.1) is 13.8 Å². The first-order valence-corrected chi connectivity index (χ1v) is 5.46. The maximum absolute atomic E-state index is 9.82. The van der Waals surface area contributed by atoms with Crippen molar-refractivity contribution in [1.29, 1.82) is 0 Å². The van der Waals surface area contributed by atoms with Gasteiger partial charge in [-0.15, -0.1) is 5.10 Å². The number of aryl methyl sites for hydroxylation is 2. The SMILES string of the molecule is Cc1ccc(NCc2cn(C)nn2)c(C)c1O. The predicted molar refractivity (Wildman–Crippen MR) is 65.9 cm³/mol. The summed E-state index contributed by atoms with van der Waals surface area (Å²) < 4.78 is 1.66. The first-order chi connectivity index (χ1) is 8.08. The van der Waals surface area contributed by atoms with Crippen LogP contribution in [0.25, 0.3) is 0 Å². The first-order valence-electron chi connectivity index (χ1n) is 5.46. The van der Waals surface area contributed by atoms with Gasteiger partial charge in [-0.2, -0.15) is 0 Å². The van der Waals surface area contributed by atoms with Gasteiger partial charge in [-0.25, -0.2) is 0 Å². The van der Waals surface area contributed by atoms with Crippen molar-refractivity contribution in [2.24, 2.45) is 7.05 Å². The van der Waals surface area contributed by atoms with Crippen LogP contribution in [0.1, 0.15) is 16.8 Å². The van der Waals surface area contributed by atoms with Crippen molar-refractivity contribution in [3.05, 3.63) is 35.2 Å². The summed E-state index contributed by atoms with van der Waals surface area (Å²) >= 11 is 0. The molecule has 1 aromatic heterocycles. The number of aromatic nitrogens is 3. The summed E-state index contributed by atoms with van der Waals surface area (Å²) in [6.45, 7) is 4.37. The van der Waals surface area contributed by atoms with E-state index in [-0.39, 0.29) is 0 Å². The number of hydrogen-bond donors (Lipinski definition) is 2. The van der Waals surface area contributed by atoms with Crippen LogP contribution < -0.4 is 5.32 Å². The number of phenolic OH excluding ortho intramolecular Hbond substituents is 1. The van der Waals surface area contributed by atoms with E-state index in [1.807, 2.05) is 39.2 Å². The van der Waals surface area contributed by atoms with Crippen LogP contribution in [-0.4, -0.2) is 20.1 Å². The molecule has 0 fully saturated rings. The van der Waals surface area contributed by atoms with E-state index in [9.17, 15) is 5.11 Å². The molecule has 1 heterocycles. The number of phenols is 1. The monoisotopic (exact) mass is 232 g/mol. The highest BCUT2D eigenvalue weighted by Gasteiger charge is 2.06. The molecule has 5 nitrogen and oxygen atoms in total. The molecule has 0 atom stereocenters. The zero-order valence-corrected chi connectivity index (χ0v) is 10.2. The van der Waals surface area contributed by atoms with Crippen LogP contribution in [0.3, 0.4) is 0 Å². The van der Waals surface area contributed by atoms with Crippen LogP contribution in [0.15, 0.2) is 18.3 Å². The Labute approximate surface area is 100 Å². The summed E-state index contributed by atoms with van der Waals surface area (Å²) in [4.78, 5) is 0. The average Bonchev–Trinajstić information content (AvgIpc) is 2.71. The molecule has 2 N–H and O–H groups in total. The molecule has 2 aromatic rings. The topological polar surface area (TPSA) is 63.0 Å². The molecule has 1 aromatic carbocycles. The molecule has 5 heteroatoms. The maximum atomic E-state index is 9.82. The van der Waals surface area contributed by atoms with Gasteiger partial charge in [0.15, 0.2) is 0 Å². The first kappa shape index (κ1) is 11.4. The lowest BCUT2D eigenvalue weighted by Crippen LogP contribution is -2.01. The Morgan fingerprint density at radius 1 is 1.35 bits per heavy atom. The quantitative estimate of drug-likeness (QED) is 0.846. The van der Waals surface area contributed by atoms with Gasteiger partial charge in [0.1, 0.15) is 11.4 Å². The summed E-state index contributed by atoms with van der Waals surface area (Å²) in [6.07, 6.45) is 1.86. The molecule has 17 heavy (non-hydrogen) atoms. The Kier molecular flexibility index (Phi) is 2.99. The third-order valence-electron chi connectivity index (χ3n) is 2.74. The highest BCUT2D eigenvalue weighted by molar-refractivity contribution is 5.59. The van der Waals surface area contributed by atoms with E-state index in [1.165, 1.54) is 0 Å². The van der Waals surface area contributed by atoms with E-state index in [2.05, 4.69) is 15.6 Å². The van der Waals surface area contributed by atoms with Crippen LogP contribution in [0.5, 0.6) is 5.75 Å². The number of nitrogens with one attached hydrogen (secondary N) is 1. The van der Waals surface area contributed by atoms with Crippen LogP contribution in [-0.2, 0) is 13.6 Å². The predicted octanol–water partition coefficient (Wildman–Crippen LogP) is 1.75. The Balaban J connectivity index is 2.12. The molecule has 0 saturated carbocycles. The molecule has 0 unspecified atom stereocenters. The summed E-state index contributed by atoms with van der Waals surface area (Å²) in [5.41, 5.74) is 3.52. The Morgan fingerprint density at radius 3 is 2.76 bits per heavy atom. The second kappa shape index (κ2) is 4.45. The van der Waals surface area contributed by atoms with Crippen molar-refractivity contribution in [3.8, 4) is 5.75 Å². The summed E-state index contributed by atoms with van der Waals surface area (Å²) in [5.74, 6) is 0.342. The number of nitrogens with zero attached hydrogens (tertiary/aromatic N) is 3. The van der Waals surface area contributed by atoms with Gasteiger partial charge in [0, 0.05) is 24.5 Å². The molecule has 0 saturated heterocycles. The molecule has 2 rings (SSSR count). The van der Waals surface area contributed by atoms with Crippen LogP contribution in [0.4, 0.5) is 5.69 Å². The lowest BCUT2D eigenvalue weighted by atomic mass is 10.1. The summed E-state index contributed by atoms with van der Waals surface area (Å²) in [6, 6.07) is 3.85. The molecule has 0 bridgehead atoms. The number of anilines is 1. The largest absolute Gasteiger partial charge is 0.507 e. The molecule has 0 spiro atoms. The van der Waals surface area contributed by atoms with Crippen molar-refractivity contribution in [1.82, 2.24) is 15.0 Å². The highest BCUT2D eigenvalue weighted by Crippen LogP contribution is 2.28. The fraction of sp³-hybridized carbons (Fsp3) is 0.333. The van der Waals surface area contributed by atoms with Crippen molar-refractivity contribution in [2.45, 2.75) is 20.4 Å². The lowest BCUT2D eigenvalue weighted by Gasteiger charge is -2.11. The molecule has 0 aliphatic heterocycles. The minimum atomic E-state index is 0.342. The molecule has 0 radical (unpaired) electrons. The van der Waals surface area contributed by atoms with E-state index >= 15 is 0 Å². The van der Waals surface area contributed by atoms with Crippen molar-refractivity contribution in [2.75, 3.05) is 5.32 Å². The van der Waals surface area contributed by atoms with Gasteiger partial charge in [0.25, 0.3) is 0 Å². The van der Waals surface area contributed by atoms with Crippen LogP contribution >= 0.6 is 0 Å². The average molecular weight is 232 g/mol. The smallest absolute Gasteiger partial charge is 0.123 e. The standard InChI is InChI=1S/C12H16N4O/c1-8-4-5-11(9(2)12(8)17)13-6-10-7-16(3)15-14-10/h4-5,7,13,17H,6H2,1-3H3. The van der Waals surface area contributed by atoms with Gasteiger partial charge in [-0.05, 0) is 25.5 Å². The Hall–Kier alpha value is -2.04. The van der Waals surface area contributed by atoms with Crippen LogP contribution in [0.2, 0.25) is 0 Å².